The lowest BCUT2D eigenvalue weighted by Crippen LogP contribution is -2.22. The Morgan fingerprint density at radius 3 is 1.58 bits per heavy atom. The number of rotatable bonds is 3. The molecule has 1 aromatic rings. The van der Waals surface area contributed by atoms with Crippen molar-refractivity contribution in [3.8, 4) is 0 Å². The number of nitrogens with zero attached hydrogens (tertiary/aromatic N) is 1. The van der Waals surface area contributed by atoms with Crippen molar-refractivity contribution in [2.45, 2.75) is 65.7 Å². The molecule has 19 heavy (non-hydrogen) atoms. The topological polar surface area (TPSA) is 3.24 Å². The monoisotopic (exact) mass is 261 g/mol. The molecule has 1 rings (SSSR count). The van der Waals surface area contributed by atoms with E-state index in [1.54, 1.807) is 0 Å². The van der Waals surface area contributed by atoms with E-state index in [1.165, 1.54) is 23.2 Å². The van der Waals surface area contributed by atoms with Crippen LogP contribution in [0.2, 0.25) is 0 Å². The second-order valence-corrected chi connectivity index (χ2v) is 7.69. The van der Waals surface area contributed by atoms with Crippen LogP contribution in [0.15, 0.2) is 18.2 Å². The standard InChI is InChI=1S/C18H31N/c1-9-10-19(8)16-12-14(17(2,3)4)11-15(13-16)18(5,6)7/h11-13H,9-10H2,1-8H3. The number of benzene rings is 1. The fourth-order valence-corrected chi connectivity index (χ4v) is 2.16. The van der Waals surface area contributed by atoms with Gasteiger partial charge in [0.25, 0.3) is 0 Å². The van der Waals surface area contributed by atoms with Crippen molar-refractivity contribution in [2.75, 3.05) is 18.5 Å². The van der Waals surface area contributed by atoms with E-state index in [0.29, 0.717) is 0 Å². The molecule has 0 heterocycles. The Hall–Kier alpha value is -0.980. The van der Waals surface area contributed by atoms with E-state index in [0.717, 1.165) is 6.54 Å². The van der Waals surface area contributed by atoms with Crippen molar-refractivity contribution in [3.63, 3.8) is 0 Å². The van der Waals surface area contributed by atoms with Crippen LogP contribution in [0, 0.1) is 0 Å². The van der Waals surface area contributed by atoms with E-state index in [1.807, 2.05) is 0 Å². The highest BCUT2D eigenvalue weighted by atomic mass is 15.1. The van der Waals surface area contributed by atoms with Gasteiger partial charge in [0.2, 0.25) is 0 Å². The lowest BCUT2D eigenvalue weighted by Gasteiger charge is -2.29. The van der Waals surface area contributed by atoms with E-state index in [9.17, 15) is 0 Å². The molecule has 0 aliphatic rings. The van der Waals surface area contributed by atoms with Crippen LogP contribution >= 0.6 is 0 Å². The lowest BCUT2D eigenvalue weighted by atomic mass is 9.80. The maximum Gasteiger partial charge on any atom is 0.0369 e. The van der Waals surface area contributed by atoms with Gasteiger partial charge in [-0.3, -0.25) is 0 Å². The van der Waals surface area contributed by atoms with E-state index in [4.69, 9.17) is 0 Å². The largest absolute Gasteiger partial charge is 0.375 e. The van der Waals surface area contributed by atoms with Gasteiger partial charge in [0.05, 0.1) is 0 Å². The van der Waals surface area contributed by atoms with Crippen molar-refractivity contribution < 1.29 is 0 Å². The molecule has 0 N–H and O–H groups in total. The van der Waals surface area contributed by atoms with Gasteiger partial charge in [-0.15, -0.1) is 0 Å². The molecular formula is C18H31N. The van der Waals surface area contributed by atoms with Gasteiger partial charge in [-0.1, -0.05) is 54.5 Å². The van der Waals surface area contributed by atoms with Crippen LogP contribution in [0.3, 0.4) is 0 Å². The number of hydrogen-bond acceptors (Lipinski definition) is 1. The molecule has 0 spiro atoms. The van der Waals surface area contributed by atoms with Gasteiger partial charge in [0, 0.05) is 19.3 Å². The molecule has 0 aromatic heterocycles. The summed E-state index contributed by atoms with van der Waals surface area (Å²) in [5.74, 6) is 0. The zero-order chi connectivity index (χ0) is 14.8. The van der Waals surface area contributed by atoms with Gasteiger partial charge in [-0.25, -0.2) is 0 Å². The third-order valence-electron chi connectivity index (χ3n) is 3.65. The quantitative estimate of drug-likeness (QED) is 0.729. The molecule has 0 amide bonds. The molecule has 0 bridgehead atoms. The zero-order valence-corrected chi connectivity index (χ0v) is 14.1. The minimum Gasteiger partial charge on any atom is -0.375 e. The number of hydrogen-bond donors (Lipinski definition) is 0. The van der Waals surface area contributed by atoms with Gasteiger partial charge in [0.15, 0.2) is 0 Å². The Morgan fingerprint density at radius 1 is 0.842 bits per heavy atom. The summed E-state index contributed by atoms with van der Waals surface area (Å²) < 4.78 is 0. The normalized spacial score (nSPS) is 12.6. The molecule has 108 valence electrons. The average molecular weight is 261 g/mol. The van der Waals surface area contributed by atoms with E-state index < -0.39 is 0 Å². The molecule has 1 nitrogen and oxygen atoms in total. The summed E-state index contributed by atoms with van der Waals surface area (Å²) in [5, 5.41) is 0. The summed E-state index contributed by atoms with van der Waals surface area (Å²) in [6, 6.07) is 7.08. The van der Waals surface area contributed by atoms with Crippen molar-refractivity contribution in [3.05, 3.63) is 29.3 Å². The van der Waals surface area contributed by atoms with Crippen molar-refractivity contribution in [1.29, 1.82) is 0 Å². The average Bonchev–Trinajstić information content (AvgIpc) is 2.26. The van der Waals surface area contributed by atoms with E-state index >= 15 is 0 Å². The Kier molecular flexibility index (Phi) is 4.71. The van der Waals surface area contributed by atoms with E-state index in [-0.39, 0.29) is 10.8 Å². The summed E-state index contributed by atoms with van der Waals surface area (Å²) in [4.78, 5) is 2.37. The molecule has 0 aliphatic carbocycles. The molecule has 0 atom stereocenters. The van der Waals surface area contributed by atoms with Crippen molar-refractivity contribution in [2.24, 2.45) is 0 Å². The zero-order valence-electron chi connectivity index (χ0n) is 14.1. The Morgan fingerprint density at radius 2 is 1.26 bits per heavy atom. The third kappa shape index (κ3) is 4.26. The predicted octanol–water partition coefficient (Wildman–Crippen LogP) is 5.13. The smallest absolute Gasteiger partial charge is 0.0369 e. The first-order valence-corrected chi connectivity index (χ1v) is 7.43. The molecule has 1 heteroatoms. The molecule has 0 saturated heterocycles. The van der Waals surface area contributed by atoms with E-state index in [2.05, 4.69) is 78.6 Å². The minimum absolute atomic E-state index is 0.197. The summed E-state index contributed by atoms with van der Waals surface area (Å²) in [6.45, 7) is 17.1. The Balaban J connectivity index is 3.33. The van der Waals surface area contributed by atoms with Gasteiger partial charge >= 0.3 is 0 Å². The summed E-state index contributed by atoms with van der Waals surface area (Å²) in [6.07, 6.45) is 1.18. The minimum atomic E-state index is 0.197. The van der Waals surface area contributed by atoms with Crippen LogP contribution in [0.4, 0.5) is 5.69 Å². The van der Waals surface area contributed by atoms with Crippen LogP contribution < -0.4 is 4.90 Å². The summed E-state index contributed by atoms with van der Waals surface area (Å²) in [7, 11) is 2.19. The molecular weight excluding hydrogens is 230 g/mol. The molecule has 0 saturated carbocycles. The molecule has 0 aliphatic heterocycles. The van der Waals surface area contributed by atoms with Crippen molar-refractivity contribution >= 4 is 5.69 Å². The first kappa shape index (κ1) is 16.1. The first-order chi connectivity index (χ1) is 8.55. The maximum absolute atomic E-state index is 2.38. The lowest BCUT2D eigenvalue weighted by molar-refractivity contribution is 0.568. The van der Waals surface area contributed by atoms with Crippen LogP contribution in [0.25, 0.3) is 0 Å². The highest BCUT2D eigenvalue weighted by molar-refractivity contribution is 5.53. The second-order valence-electron chi connectivity index (χ2n) is 7.69. The van der Waals surface area contributed by atoms with Crippen LogP contribution in [-0.4, -0.2) is 13.6 Å². The van der Waals surface area contributed by atoms with Gasteiger partial charge in [-0.05, 0) is 40.5 Å². The fraction of sp³-hybridized carbons (Fsp3) is 0.667. The predicted molar refractivity (Wildman–Crippen MR) is 87.4 cm³/mol. The third-order valence-corrected chi connectivity index (χ3v) is 3.65. The van der Waals surface area contributed by atoms with Gasteiger partial charge in [-0.2, -0.15) is 0 Å². The van der Waals surface area contributed by atoms with Crippen LogP contribution in [0.1, 0.15) is 66.0 Å². The molecule has 0 fully saturated rings. The van der Waals surface area contributed by atoms with Crippen LogP contribution in [0.5, 0.6) is 0 Å². The number of anilines is 1. The molecule has 1 aromatic carbocycles. The SMILES string of the molecule is CCCN(C)c1cc(C(C)(C)C)cc(C(C)(C)C)c1. The summed E-state index contributed by atoms with van der Waals surface area (Å²) in [5.41, 5.74) is 4.60. The highest BCUT2D eigenvalue weighted by Gasteiger charge is 2.21. The molecule has 0 radical (unpaired) electrons. The van der Waals surface area contributed by atoms with Crippen molar-refractivity contribution in [1.82, 2.24) is 0 Å². The first-order valence-electron chi connectivity index (χ1n) is 7.43. The summed E-state index contributed by atoms with van der Waals surface area (Å²) >= 11 is 0. The molecule has 0 unspecified atom stereocenters. The second kappa shape index (κ2) is 5.56. The maximum atomic E-state index is 2.38. The Bertz CT molecular complexity index is 386. The highest BCUT2D eigenvalue weighted by Crippen LogP contribution is 2.33. The Labute approximate surface area is 120 Å². The van der Waals surface area contributed by atoms with Crippen LogP contribution in [-0.2, 0) is 10.8 Å². The van der Waals surface area contributed by atoms with Gasteiger partial charge in [0.1, 0.15) is 0 Å². The van der Waals surface area contributed by atoms with Gasteiger partial charge < -0.3 is 4.90 Å². The fourth-order valence-electron chi connectivity index (χ4n) is 2.16.